The maximum Gasteiger partial charge on any atom is -0.0169 e. The van der Waals surface area contributed by atoms with Crippen molar-refractivity contribution in [1.82, 2.24) is 0 Å². The third kappa shape index (κ3) is 6.39. The van der Waals surface area contributed by atoms with Crippen LogP contribution in [0, 0.1) is 6.42 Å². The topological polar surface area (TPSA) is 0 Å². The molecule has 0 amide bonds. The highest BCUT2D eigenvalue weighted by Gasteiger charge is 1.85. The summed E-state index contributed by atoms with van der Waals surface area (Å²) in [5.74, 6) is 0. The fourth-order valence-corrected chi connectivity index (χ4v) is 1.34. The Hall–Kier alpha value is -0.780. The average Bonchev–Trinajstić information content (AvgIpc) is 2.18. The lowest BCUT2D eigenvalue weighted by atomic mass is 10.1. The average molecular weight is 175 g/mol. The highest BCUT2D eigenvalue weighted by molar-refractivity contribution is 4.98. The molecule has 0 bridgehead atoms. The van der Waals surface area contributed by atoms with Gasteiger partial charge in [-0.3, -0.25) is 0 Å². The highest BCUT2D eigenvalue weighted by atomic mass is 13.9. The van der Waals surface area contributed by atoms with Crippen molar-refractivity contribution in [2.45, 2.75) is 38.5 Å². The molecular weight excluding hydrogens is 156 g/mol. The summed E-state index contributed by atoms with van der Waals surface area (Å²) in [6.45, 7) is 0. The van der Waals surface area contributed by atoms with Crippen LogP contribution in [0.15, 0.2) is 36.5 Å². The van der Waals surface area contributed by atoms with Crippen LogP contribution in [-0.2, 0) is 0 Å². The molecule has 0 aromatic carbocycles. The minimum Gasteiger partial charge on any atom is -0.0882 e. The van der Waals surface area contributed by atoms with Crippen LogP contribution in [0.2, 0.25) is 0 Å². The number of rotatable bonds is 0. The van der Waals surface area contributed by atoms with Gasteiger partial charge in [0.2, 0.25) is 0 Å². The van der Waals surface area contributed by atoms with Crippen molar-refractivity contribution in [3.8, 4) is 0 Å². The zero-order chi connectivity index (χ0) is 9.19. The van der Waals surface area contributed by atoms with Gasteiger partial charge in [-0.1, -0.05) is 36.5 Å². The van der Waals surface area contributed by atoms with Gasteiger partial charge in [-0.05, 0) is 44.9 Å². The molecule has 0 fully saturated rings. The second-order valence-electron chi connectivity index (χ2n) is 3.35. The molecule has 1 aliphatic carbocycles. The molecule has 0 unspecified atom stereocenters. The van der Waals surface area contributed by atoms with Gasteiger partial charge in [-0.25, -0.2) is 0 Å². The van der Waals surface area contributed by atoms with Crippen LogP contribution in [0.1, 0.15) is 38.5 Å². The van der Waals surface area contributed by atoms with Gasteiger partial charge in [0.15, 0.2) is 0 Å². The monoisotopic (exact) mass is 175 g/mol. The molecule has 0 aromatic heterocycles. The molecule has 0 saturated heterocycles. The smallest absolute Gasteiger partial charge is 0.0169 e. The summed E-state index contributed by atoms with van der Waals surface area (Å²) < 4.78 is 0. The van der Waals surface area contributed by atoms with Crippen LogP contribution >= 0.6 is 0 Å². The van der Waals surface area contributed by atoms with E-state index >= 15 is 0 Å². The van der Waals surface area contributed by atoms with E-state index in [0.29, 0.717) is 0 Å². The lowest BCUT2D eigenvalue weighted by Gasteiger charge is -1.91. The van der Waals surface area contributed by atoms with Gasteiger partial charge in [-0.15, -0.1) is 0 Å². The molecule has 0 nitrogen and oxygen atoms in total. The molecule has 0 spiro atoms. The first kappa shape index (κ1) is 10.3. The first-order valence-corrected chi connectivity index (χ1v) is 5.28. The Morgan fingerprint density at radius 3 is 2.31 bits per heavy atom. The summed E-state index contributed by atoms with van der Waals surface area (Å²) in [6, 6.07) is 0. The summed E-state index contributed by atoms with van der Waals surface area (Å²) in [6.07, 6.45) is 23.0. The lowest BCUT2D eigenvalue weighted by Crippen LogP contribution is -1.73. The van der Waals surface area contributed by atoms with Crippen molar-refractivity contribution in [2.75, 3.05) is 0 Å². The summed E-state index contributed by atoms with van der Waals surface area (Å²) in [5, 5.41) is 0. The standard InChI is InChI=1S/C13H19/c1-2-4-6-8-10-12-13-11-9-7-5-3-1/h1-3,8,10-11,13H,4-7,9,12H2/b2-1+,10-8-,13-11+. The molecule has 71 valence electrons. The van der Waals surface area contributed by atoms with Gasteiger partial charge < -0.3 is 0 Å². The first-order valence-electron chi connectivity index (χ1n) is 5.28. The molecule has 0 aliphatic heterocycles. The quantitative estimate of drug-likeness (QED) is 0.484. The Morgan fingerprint density at radius 2 is 1.38 bits per heavy atom. The zero-order valence-electron chi connectivity index (χ0n) is 8.28. The van der Waals surface area contributed by atoms with E-state index in [1.807, 2.05) is 0 Å². The second kappa shape index (κ2) is 7.85. The minimum absolute atomic E-state index is 1.10. The summed E-state index contributed by atoms with van der Waals surface area (Å²) in [4.78, 5) is 0. The van der Waals surface area contributed by atoms with Gasteiger partial charge in [0.25, 0.3) is 0 Å². The van der Waals surface area contributed by atoms with Crippen molar-refractivity contribution in [1.29, 1.82) is 0 Å². The van der Waals surface area contributed by atoms with Crippen molar-refractivity contribution >= 4 is 0 Å². The summed E-state index contributed by atoms with van der Waals surface area (Å²) in [7, 11) is 0. The number of allylic oxidation sites excluding steroid dienone is 6. The van der Waals surface area contributed by atoms with Gasteiger partial charge in [0.05, 0.1) is 0 Å². The summed E-state index contributed by atoms with van der Waals surface area (Å²) in [5.41, 5.74) is 0. The van der Waals surface area contributed by atoms with Crippen LogP contribution in [0.25, 0.3) is 0 Å². The summed E-state index contributed by atoms with van der Waals surface area (Å²) >= 11 is 0. The van der Waals surface area contributed by atoms with E-state index in [1.54, 1.807) is 0 Å². The van der Waals surface area contributed by atoms with Gasteiger partial charge in [0.1, 0.15) is 0 Å². The Kier molecular flexibility index (Phi) is 6.22. The Morgan fingerprint density at radius 1 is 0.615 bits per heavy atom. The van der Waals surface area contributed by atoms with E-state index in [0.717, 1.165) is 6.42 Å². The fourth-order valence-electron chi connectivity index (χ4n) is 1.34. The molecule has 0 saturated carbocycles. The molecule has 1 aliphatic rings. The first-order chi connectivity index (χ1) is 6.50. The fraction of sp³-hybridized carbons (Fsp3) is 0.462. The number of hydrogen-bond acceptors (Lipinski definition) is 0. The van der Waals surface area contributed by atoms with Crippen LogP contribution in [0.5, 0.6) is 0 Å². The van der Waals surface area contributed by atoms with Crippen LogP contribution in [0.4, 0.5) is 0 Å². The Labute approximate surface area is 82.0 Å². The molecular formula is C13H19. The van der Waals surface area contributed by atoms with E-state index in [9.17, 15) is 0 Å². The zero-order valence-corrected chi connectivity index (χ0v) is 8.28. The van der Waals surface area contributed by atoms with E-state index in [-0.39, 0.29) is 0 Å². The molecule has 0 heteroatoms. The Balaban J connectivity index is 2.28. The molecule has 0 aromatic rings. The van der Waals surface area contributed by atoms with Crippen molar-refractivity contribution in [2.24, 2.45) is 0 Å². The molecule has 1 rings (SSSR count). The van der Waals surface area contributed by atoms with Crippen molar-refractivity contribution < 1.29 is 0 Å². The third-order valence-electron chi connectivity index (χ3n) is 2.12. The molecule has 0 heterocycles. The third-order valence-corrected chi connectivity index (χ3v) is 2.12. The van der Waals surface area contributed by atoms with Gasteiger partial charge in [0, 0.05) is 0 Å². The lowest BCUT2D eigenvalue weighted by molar-refractivity contribution is 0.840. The predicted molar refractivity (Wildman–Crippen MR) is 59.4 cm³/mol. The van der Waals surface area contributed by atoms with Gasteiger partial charge >= 0.3 is 0 Å². The van der Waals surface area contributed by atoms with Crippen molar-refractivity contribution in [3.05, 3.63) is 42.9 Å². The molecule has 0 N–H and O–H groups in total. The highest BCUT2D eigenvalue weighted by Crippen LogP contribution is 2.04. The predicted octanol–water partition coefficient (Wildman–Crippen LogP) is 4.21. The van der Waals surface area contributed by atoms with E-state index < -0.39 is 0 Å². The maximum atomic E-state index is 2.29. The van der Waals surface area contributed by atoms with E-state index in [2.05, 4.69) is 42.9 Å². The van der Waals surface area contributed by atoms with Gasteiger partial charge in [-0.2, -0.15) is 0 Å². The van der Waals surface area contributed by atoms with Crippen molar-refractivity contribution in [3.63, 3.8) is 0 Å². The molecule has 0 atom stereocenters. The van der Waals surface area contributed by atoms with E-state index in [4.69, 9.17) is 0 Å². The molecule has 1 radical (unpaired) electrons. The number of hydrogen-bond donors (Lipinski definition) is 0. The largest absolute Gasteiger partial charge is 0.0882 e. The molecule has 13 heavy (non-hydrogen) atoms. The van der Waals surface area contributed by atoms with E-state index in [1.165, 1.54) is 32.1 Å². The normalized spacial score (nSPS) is 27.7. The van der Waals surface area contributed by atoms with Crippen LogP contribution < -0.4 is 0 Å². The second-order valence-corrected chi connectivity index (χ2v) is 3.35. The van der Waals surface area contributed by atoms with Crippen LogP contribution in [0.3, 0.4) is 0 Å². The Bertz CT molecular complexity index is 184. The van der Waals surface area contributed by atoms with Crippen LogP contribution in [-0.4, -0.2) is 0 Å². The minimum atomic E-state index is 1.10. The SMILES string of the molecule is [CH]1/C=C/CC/C=C\C/C=C/CCC1. The maximum absolute atomic E-state index is 2.29.